The molecule has 0 heterocycles. The third-order valence-corrected chi connectivity index (χ3v) is 4.42. The molecule has 2 rings (SSSR count). The van der Waals surface area contributed by atoms with Crippen molar-refractivity contribution in [1.82, 2.24) is 0 Å². The molecule has 144 valence electrons. The van der Waals surface area contributed by atoms with Gasteiger partial charge in [0.1, 0.15) is 18.9 Å². The quantitative estimate of drug-likeness (QED) is 0.481. The van der Waals surface area contributed by atoms with Gasteiger partial charge in [-0.15, -0.1) is 0 Å². The first-order chi connectivity index (χ1) is 13.0. The van der Waals surface area contributed by atoms with E-state index in [0.717, 1.165) is 16.2 Å². The first kappa shape index (κ1) is 20.9. The van der Waals surface area contributed by atoms with E-state index in [2.05, 4.69) is 11.9 Å². The van der Waals surface area contributed by atoms with Crippen LogP contribution in [0, 0.1) is 0 Å². The summed E-state index contributed by atoms with van der Waals surface area (Å²) in [5.74, 6) is -1.99. The van der Waals surface area contributed by atoms with Gasteiger partial charge in [-0.25, -0.2) is 0 Å². The fourth-order valence-electron chi connectivity index (χ4n) is 2.51. The molecule has 0 saturated heterocycles. The Kier molecular flexibility index (Phi) is 8.29. The van der Waals surface area contributed by atoms with Gasteiger partial charge < -0.3 is 15.0 Å². The number of rotatable bonds is 10. The van der Waals surface area contributed by atoms with Gasteiger partial charge in [-0.1, -0.05) is 36.5 Å². The predicted molar refractivity (Wildman–Crippen MR) is 105 cm³/mol. The number of benzene rings is 2. The minimum atomic E-state index is -2.53. The number of halogens is 2. The standard InChI is InChI=1S/C20H22F2N2O2S/c1-3-12-26-16-10-8-15(9-11-16)13-24(2)14-19(25)23-17-6-4-5-7-18(17)27-20(21)22/h3-11,20H,1,12-14H2,2H3,(H,23,25)/p+1. The Morgan fingerprint density at radius 2 is 1.96 bits per heavy atom. The molecule has 1 amide bonds. The van der Waals surface area contributed by atoms with Crippen LogP contribution in [0.5, 0.6) is 5.75 Å². The van der Waals surface area contributed by atoms with E-state index in [1.54, 1.807) is 30.3 Å². The Morgan fingerprint density at radius 1 is 1.26 bits per heavy atom. The van der Waals surface area contributed by atoms with E-state index in [0.29, 0.717) is 35.5 Å². The first-order valence-corrected chi connectivity index (χ1v) is 9.33. The Balaban J connectivity index is 1.87. The molecule has 1 unspecified atom stereocenters. The Hall–Kier alpha value is -2.38. The highest BCUT2D eigenvalue weighted by atomic mass is 32.2. The summed E-state index contributed by atoms with van der Waals surface area (Å²) in [5.41, 5.74) is 1.48. The molecule has 2 N–H and O–H groups in total. The van der Waals surface area contributed by atoms with Gasteiger partial charge in [0.15, 0.2) is 6.54 Å². The van der Waals surface area contributed by atoms with Crippen LogP contribution in [-0.4, -0.2) is 31.9 Å². The molecule has 0 spiro atoms. The van der Waals surface area contributed by atoms with Crippen molar-refractivity contribution in [3.63, 3.8) is 0 Å². The number of ether oxygens (including phenoxy) is 1. The van der Waals surface area contributed by atoms with Gasteiger partial charge in [-0.05, 0) is 36.4 Å². The van der Waals surface area contributed by atoms with Gasteiger partial charge in [-0.3, -0.25) is 4.79 Å². The minimum Gasteiger partial charge on any atom is -0.490 e. The van der Waals surface area contributed by atoms with Gasteiger partial charge in [0, 0.05) is 10.5 Å². The maximum absolute atomic E-state index is 12.6. The SMILES string of the molecule is C=CCOc1ccc(C[NH+](C)CC(=O)Nc2ccccc2SC(F)F)cc1. The third-order valence-electron chi connectivity index (χ3n) is 3.64. The average Bonchev–Trinajstić information content (AvgIpc) is 2.62. The lowest BCUT2D eigenvalue weighted by Crippen LogP contribution is -3.08. The summed E-state index contributed by atoms with van der Waals surface area (Å²) in [6, 6.07) is 14.2. The number of carbonyl (C=O) groups is 1. The summed E-state index contributed by atoms with van der Waals surface area (Å²) in [7, 11) is 1.90. The molecule has 7 heteroatoms. The molecular formula is C20H23F2N2O2S+. The van der Waals surface area contributed by atoms with E-state index in [9.17, 15) is 13.6 Å². The monoisotopic (exact) mass is 393 g/mol. The fraction of sp³-hybridized carbons (Fsp3) is 0.250. The average molecular weight is 393 g/mol. The second kappa shape index (κ2) is 10.7. The number of nitrogens with one attached hydrogen (secondary N) is 2. The van der Waals surface area contributed by atoms with Crippen LogP contribution >= 0.6 is 11.8 Å². The highest BCUT2D eigenvalue weighted by Crippen LogP contribution is 2.31. The zero-order valence-electron chi connectivity index (χ0n) is 15.1. The van der Waals surface area contributed by atoms with Crippen LogP contribution in [0.3, 0.4) is 0 Å². The van der Waals surface area contributed by atoms with E-state index in [1.807, 2.05) is 31.3 Å². The van der Waals surface area contributed by atoms with Crippen molar-refractivity contribution >= 4 is 23.4 Å². The molecule has 0 aliphatic carbocycles. The minimum absolute atomic E-state index is 0.222. The number of anilines is 1. The number of thioether (sulfide) groups is 1. The summed E-state index contributed by atoms with van der Waals surface area (Å²) >= 11 is 0.423. The third kappa shape index (κ3) is 7.40. The molecule has 0 aliphatic heterocycles. The predicted octanol–water partition coefficient (Wildman–Crippen LogP) is 3.22. The van der Waals surface area contributed by atoms with Crippen molar-refractivity contribution in [2.45, 2.75) is 17.2 Å². The van der Waals surface area contributed by atoms with Gasteiger partial charge in [0.05, 0.1) is 12.7 Å². The maximum Gasteiger partial charge on any atom is 0.288 e. The normalized spacial score (nSPS) is 11.9. The van der Waals surface area contributed by atoms with Crippen molar-refractivity contribution in [3.05, 3.63) is 66.7 Å². The molecule has 0 aliphatic rings. The lowest BCUT2D eigenvalue weighted by molar-refractivity contribution is -0.885. The molecule has 0 bridgehead atoms. The van der Waals surface area contributed by atoms with Crippen molar-refractivity contribution in [3.8, 4) is 5.75 Å². The topological polar surface area (TPSA) is 42.8 Å². The first-order valence-electron chi connectivity index (χ1n) is 8.45. The van der Waals surface area contributed by atoms with Crippen LogP contribution in [0.1, 0.15) is 5.56 Å². The van der Waals surface area contributed by atoms with Crippen molar-refractivity contribution in [1.29, 1.82) is 0 Å². The molecular weight excluding hydrogens is 370 g/mol. The van der Waals surface area contributed by atoms with Crippen LogP contribution in [0.2, 0.25) is 0 Å². The van der Waals surface area contributed by atoms with Gasteiger partial charge in [0.2, 0.25) is 0 Å². The summed E-state index contributed by atoms with van der Waals surface area (Å²) in [6.45, 7) is 4.94. The lowest BCUT2D eigenvalue weighted by atomic mass is 10.2. The van der Waals surface area contributed by atoms with Crippen LogP contribution in [0.15, 0.2) is 66.1 Å². The number of quaternary nitrogens is 1. The van der Waals surface area contributed by atoms with E-state index < -0.39 is 5.76 Å². The second-order valence-electron chi connectivity index (χ2n) is 5.98. The number of likely N-dealkylation sites (N-methyl/N-ethyl adjacent to an activating group) is 1. The number of alkyl halides is 2. The maximum atomic E-state index is 12.6. The highest BCUT2D eigenvalue weighted by Gasteiger charge is 2.15. The van der Waals surface area contributed by atoms with Crippen molar-refractivity contribution in [2.75, 3.05) is 25.5 Å². The second-order valence-corrected chi connectivity index (χ2v) is 7.01. The molecule has 0 fully saturated rings. The Labute approximate surface area is 162 Å². The number of amides is 1. The zero-order valence-corrected chi connectivity index (χ0v) is 15.9. The molecule has 4 nitrogen and oxygen atoms in total. The van der Waals surface area contributed by atoms with E-state index in [-0.39, 0.29) is 12.5 Å². The van der Waals surface area contributed by atoms with Gasteiger partial charge in [0.25, 0.3) is 11.7 Å². The number of para-hydroxylation sites is 1. The number of hydrogen-bond donors (Lipinski definition) is 2. The molecule has 2 aromatic rings. The highest BCUT2D eigenvalue weighted by molar-refractivity contribution is 7.99. The van der Waals surface area contributed by atoms with Crippen LogP contribution in [0.25, 0.3) is 0 Å². The Bertz CT molecular complexity index is 754. The smallest absolute Gasteiger partial charge is 0.288 e. The molecule has 27 heavy (non-hydrogen) atoms. The molecule has 1 atom stereocenters. The van der Waals surface area contributed by atoms with Crippen molar-refractivity contribution < 1.29 is 23.2 Å². The van der Waals surface area contributed by atoms with Gasteiger partial charge in [-0.2, -0.15) is 8.78 Å². The summed E-state index contributed by atoms with van der Waals surface area (Å²) in [4.78, 5) is 13.6. The van der Waals surface area contributed by atoms with E-state index >= 15 is 0 Å². The van der Waals surface area contributed by atoms with Gasteiger partial charge >= 0.3 is 0 Å². The largest absolute Gasteiger partial charge is 0.490 e. The number of carbonyl (C=O) groups excluding carboxylic acids is 1. The van der Waals surface area contributed by atoms with Crippen molar-refractivity contribution in [2.24, 2.45) is 0 Å². The van der Waals surface area contributed by atoms with E-state index in [4.69, 9.17) is 4.74 Å². The molecule has 0 saturated carbocycles. The van der Waals surface area contributed by atoms with Crippen LogP contribution < -0.4 is 15.0 Å². The summed E-state index contributed by atoms with van der Waals surface area (Å²) in [5, 5.41) is 2.72. The number of hydrogen-bond acceptors (Lipinski definition) is 3. The molecule has 0 radical (unpaired) electrons. The molecule has 2 aromatic carbocycles. The lowest BCUT2D eigenvalue weighted by Gasteiger charge is -2.15. The zero-order chi connectivity index (χ0) is 19.6. The summed E-state index contributed by atoms with van der Waals surface area (Å²) in [6.07, 6.45) is 1.68. The molecule has 0 aromatic heterocycles. The van der Waals surface area contributed by atoms with Crippen LogP contribution in [-0.2, 0) is 11.3 Å². The summed E-state index contributed by atoms with van der Waals surface area (Å²) < 4.78 is 30.7. The van der Waals surface area contributed by atoms with E-state index in [1.165, 1.54) is 0 Å². The Morgan fingerprint density at radius 3 is 2.63 bits per heavy atom. The fourth-order valence-corrected chi connectivity index (χ4v) is 3.10. The van der Waals surface area contributed by atoms with Crippen LogP contribution in [0.4, 0.5) is 14.5 Å².